The fourth-order valence-electron chi connectivity index (χ4n) is 2.20. The second kappa shape index (κ2) is 6.17. The van der Waals surface area contributed by atoms with E-state index < -0.39 is 11.9 Å². The molecule has 6 heteroatoms. The lowest BCUT2D eigenvalue weighted by atomic mass is 10.2. The Morgan fingerprint density at radius 2 is 2.25 bits per heavy atom. The average molecular weight is 272 g/mol. The molecule has 104 valence electrons. The zero-order chi connectivity index (χ0) is 14.5. The van der Waals surface area contributed by atoms with Crippen molar-refractivity contribution >= 4 is 11.8 Å². The Bertz CT molecular complexity index is 571. The highest BCUT2D eigenvalue weighted by molar-refractivity contribution is 5.96. The topological polar surface area (TPSA) is 102 Å². The first-order chi connectivity index (χ1) is 9.63. The highest BCUT2D eigenvalue weighted by atomic mass is 16.2. The van der Waals surface area contributed by atoms with Crippen molar-refractivity contribution in [3.63, 3.8) is 0 Å². The number of nitrogens with zero attached hydrogens (tertiary/aromatic N) is 2. The molecule has 4 N–H and O–H groups in total. The lowest BCUT2D eigenvalue weighted by molar-refractivity contribution is -0.121. The molecule has 0 spiro atoms. The van der Waals surface area contributed by atoms with E-state index in [4.69, 9.17) is 11.5 Å². The Morgan fingerprint density at radius 1 is 1.45 bits per heavy atom. The number of pyridine rings is 1. The van der Waals surface area contributed by atoms with Crippen molar-refractivity contribution < 1.29 is 9.59 Å². The minimum absolute atomic E-state index is 0.273. The Labute approximate surface area is 117 Å². The molecule has 1 atom stereocenters. The third kappa shape index (κ3) is 2.95. The lowest BCUT2D eigenvalue weighted by Gasteiger charge is -2.21. The van der Waals surface area contributed by atoms with Gasteiger partial charge in [-0.2, -0.15) is 0 Å². The van der Waals surface area contributed by atoms with E-state index in [-0.39, 0.29) is 18.1 Å². The van der Waals surface area contributed by atoms with Gasteiger partial charge in [0.1, 0.15) is 11.7 Å². The maximum absolute atomic E-state index is 12.3. The summed E-state index contributed by atoms with van der Waals surface area (Å²) >= 11 is 0. The number of carbonyl (C=O) groups excluding carboxylic acids is 2. The van der Waals surface area contributed by atoms with Crippen LogP contribution in [0.3, 0.4) is 0 Å². The van der Waals surface area contributed by atoms with Crippen molar-refractivity contribution in [2.75, 3.05) is 13.1 Å². The molecule has 20 heavy (non-hydrogen) atoms. The number of carbonyl (C=O) groups is 2. The quantitative estimate of drug-likeness (QED) is 0.707. The summed E-state index contributed by atoms with van der Waals surface area (Å²) in [5.41, 5.74) is 11.6. The van der Waals surface area contributed by atoms with Crippen LogP contribution < -0.4 is 11.5 Å². The summed E-state index contributed by atoms with van der Waals surface area (Å²) < 4.78 is 0. The van der Waals surface area contributed by atoms with E-state index in [2.05, 4.69) is 16.8 Å². The SMILES string of the molecule is NCC#Cc1ccc(C(=O)N2CCCC2C(N)=O)nc1. The van der Waals surface area contributed by atoms with Crippen LogP contribution in [0.5, 0.6) is 0 Å². The van der Waals surface area contributed by atoms with Crippen LogP contribution in [0, 0.1) is 11.8 Å². The average Bonchev–Trinajstić information content (AvgIpc) is 2.94. The predicted octanol–water partition coefficient (Wildman–Crippen LogP) is -0.518. The van der Waals surface area contributed by atoms with E-state index in [9.17, 15) is 9.59 Å². The van der Waals surface area contributed by atoms with Crippen molar-refractivity contribution in [1.29, 1.82) is 0 Å². The van der Waals surface area contributed by atoms with Gasteiger partial charge in [-0.05, 0) is 25.0 Å². The molecule has 2 heterocycles. The van der Waals surface area contributed by atoms with Crippen LogP contribution in [0.25, 0.3) is 0 Å². The third-order valence-corrected chi connectivity index (χ3v) is 3.16. The number of hydrogen-bond donors (Lipinski definition) is 2. The van der Waals surface area contributed by atoms with Crippen LogP contribution in [-0.2, 0) is 4.79 Å². The fourth-order valence-corrected chi connectivity index (χ4v) is 2.20. The van der Waals surface area contributed by atoms with Crippen molar-refractivity contribution in [3.05, 3.63) is 29.6 Å². The number of aromatic nitrogens is 1. The minimum Gasteiger partial charge on any atom is -0.368 e. The summed E-state index contributed by atoms with van der Waals surface area (Å²) in [5, 5.41) is 0. The van der Waals surface area contributed by atoms with Crippen molar-refractivity contribution in [3.8, 4) is 11.8 Å². The van der Waals surface area contributed by atoms with Crippen molar-refractivity contribution in [2.24, 2.45) is 11.5 Å². The Kier molecular flexibility index (Phi) is 4.33. The smallest absolute Gasteiger partial charge is 0.273 e. The highest BCUT2D eigenvalue weighted by Gasteiger charge is 2.33. The van der Waals surface area contributed by atoms with Gasteiger partial charge in [0, 0.05) is 18.3 Å². The first-order valence-electron chi connectivity index (χ1n) is 6.38. The van der Waals surface area contributed by atoms with E-state index in [0.29, 0.717) is 18.5 Å². The maximum atomic E-state index is 12.3. The van der Waals surface area contributed by atoms with E-state index in [1.54, 1.807) is 12.1 Å². The largest absolute Gasteiger partial charge is 0.368 e. The van der Waals surface area contributed by atoms with Gasteiger partial charge >= 0.3 is 0 Å². The Hall–Kier alpha value is -2.39. The van der Waals surface area contributed by atoms with Gasteiger partial charge in [0.2, 0.25) is 5.91 Å². The second-order valence-electron chi connectivity index (χ2n) is 4.50. The van der Waals surface area contributed by atoms with E-state index in [1.807, 2.05) is 0 Å². The zero-order valence-electron chi connectivity index (χ0n) is 11.0. The van der Waals surface area contributed by atoms with E-state index in [0.717, 1.165) is 6.42 Å². The molecule has 1 aromatic heterocycles. The van der Waals surface area contributed by atoms with E-state index >= 15 is 0 Å². The number of primary amides is 1. The molecule has 1 aliphatic heterocycles. The van der Waals surface area contributed by atoms with Gasteiger partial charge in [-0.15, -0.1) is 0 Å². The molecule has 1 aromatic rings. The van der Waals surface area contributed by atoms with Gasteiger partial charge in [-0.25, -0.2) is 4.98 Å². The van der Waals surface area contributed by atoms with Crippen LogP contribution in [0.1, 0.15) is 28.9 Å². The fraction of sp³-hybridized carbons (Fsp3) is 0.357. The molecule has 6 nitrogen and oxygen atoms in total. The molecule has 2 rings (SSSR count). The van der Waals surface area contributed by atoms with Crippen LogP contribution in [0.4, 0.5) is 0 Å². The molecule has 0 saturated carbocycles. The molecule has 1 aliphatic rings. The molecule has 0 radical (unpaired) electrons. The molecule has 0 bridgehead atoms. The molecular weight excluding hydrogens is 256 g/mol. The molecule has 1 saturated heterocycles. The number of likely N-dealkylation sites (tertiary alicyclic amines) is 1. The van der Waals surface area contributed by atoms with E-state index in [1.165, 1.54) is 11.1 Å². The van der Waals surface area contributed by atoms with Gasteiger partial charge in [0.05, 0.1) is 6.54 Å². The molecule has 1 unspecified atom stereocenters. The minimum atomic E-state index is -0.527. The van der Waals surface area contributed by atoms with Crippen LogP contribution in [0.15, 0.2) is 18.3 Å². The van der Waals surface area contributed by atoms with Gasteiger partial charge in [-0.3, -0.25) is 9.59 Å². The number of hydrogen-bond acceptors (Lipinski definition) is 4. The molecule has 0 aromatic carbocycles. The van der Waals surface area contributed by atoms with Crippen molar-refractivity contribution in [2.45, 2.75) is 18.9 Å². The number of rotatable bonds is 2. The lowest BCUT2D eigenvalue weighted by Crippen LogP contribution is -2.43. The molecule has 1 fully saturated rings. The van der Waals surface area contributed by atoms with Gasteiger partial charge in [0.15, 0.2) is 0 Å². The molecular formula is C14H16N4O2. The predicted molar refractivity (Wildman–Crippen MR) is 73.4 cm³/mol. The second-order valence-corrected chi connectivity index (χ2v) is 4.50. The summed E-state index contributed by atoms with van der Waals surface area (Å²) in [6.45, 7) is 0.803. The first-order valence-corrected chi connectivity index (χ1v) is 6.38. The number of nitrogens with two attached hydrogens (primary N) is 2. The van der Waals surface area contributed by atoms with Gasteiger partial charge < -0.3 is 16.4 Å². The van der Waals surface area contributed by atoms with Crippen LogP contribution in [-0.4, -0.2) is 40.8 Å². The Balaban J connectivity index is 2.15. The maximum Gasteiger partial charge on any atom is 0.273 e. The van der Waals surface area contributed by atoms with Crippen LogP contribution in [0.2, 0.25) is 0 Å². The standard InChI is InChI=1S/C14H16N4O2/c15-7-1-3-10-5-6-11(17-9-10)14(20)18-8-2-4-12(18)13(16)19/h5-6,9,12H,2,4,7-8,15H2,(H2,16,19). The number of amides is 2. The summed E-state index contributed by atoms with van der Waals surface area (Å²) in [5.74, 6) is 4.80. The molecule has 2 amide bonds. The van der Waals surface area contributed by atoms with Gasteiger partial charge in [0.25, 0.3) is 5.91 Å². The molecule has 0 aliphatic carbocycles. The summed E-state index contributed by atoms with van der Waals surface area (Å²) in [6, 6.07) is 2.78. The summed E-state index contributed by atoms with van der Waals surface area (Å²) in [6.07, 6.45) is 2.91. The van der Waals surface area contributed by atoms with Crippen molar-refractivity contribution in [1.82, 2.24) is 9.88 Å². The Morgan fingerprint density at radius 3 is 2.85 bits per heavy atom. The zero-order valence-corrected chi connectivity index (χ0v) is 11.0. The first kappa shape index (κ1) is 14.0. The van der Waals surface area contributed by atoms with Gasteiger partial charge in [-0.1, -0.05) is 11.8 Å². The van der Waals surface area contributed by atoms with Crippen LogP contribution >= 0.6 is 0 Å². The summed E-state index contributed by atoms with van der Waals surface area (Å²) in [4.78, 5) is 29.1. The summed E-state index contributed by atoms with van der Waals surface area (Å²) in [7, 11) is 0. The normalized spacial score (nSPS) is 17.4. The monoisotopic (exact) mass is 272 g/mol. The highest BCUT2D eigenvalue weighted by Crippen LogP contribution is 2.19. The third-order valence-electron chi connectivity index (χ3n) is 3.16.